The van der Waals surface area contributed by atoms with Gasteiger partial charge >= 0.3 is 0 Å². The molecule has 0 heterocycles. The summed E-state index contributed by atoms with van der Waals surface area (Å²) >= 11 is 0. The second-order valence-electron chi connectivity index (χ2n) is 6.76. The van der Waals surface area contributed by atoms with Gasteiger partial charge in [-0.25, -0.2) is 4.39 Å². The van der Waals surface area contributed by atoms with Crippen LogP contribution in [0.25, 0.3) is 0 Å². The van der Waals surface area contributed by atoms with Crippen molar-refractivity contribution < 1.29 is 4.39 Å². The minimum atomic E-state index is -0.130. The van der Waals surface area contributed by atoms with Gasteiger partial charge in [-0.1, -0.05) is 33.8 Å². The lowest BCUT2D eigenvalue weighted by molar-refractivity contribution is 0.321. The standard InChI is InChI=1S/C17H28FN/c1-13(2)12-19-9-8-17(4,5)11-15-10-16(18)7-6-14(15)3/h6-7,10,13,19H,8-9,11-12H2,1-5H3. The molecule has 0 saturated carbocycles. The largest absolute Gasteiger partial charge is 0.316 e. The summed E-state index contributed by atoms with van der Waals surface area (Å²) in [5.74, 6) is 0.558. The molecule has 0 aromatic heterocycles. The van der Waals surface area contributed by atoms with Crippen LogP contribution in [0.5, 0.6) is 0 Å². The predicted molar refractivity (Wildman–Crippen MR) is 80.9 cm³/mol. The molecule has 0 aliphatic carbocycles. The van der Waals surface area contributed by atoms with Crippen molar-refractivity contribution in [2.75, 3.05) is 13.1 Å². The lowest BCUT2D eigenvalue weighted by Crippen LogP contribution is -2.26. The van der Waals surface area contributed by atoms with E-state index in [0.717, 1.165) is 31.5 Å². The van der Waals surface area contributed by atoms with Gasteiger partial charge in [-0.15, -0.1) is 0 Å². The van der Waals surface area contributed by atoms with E-state index in [1.54, 1.807) is 6.07 Å². The molecule has 0 aliphatic rings. The van der Waals surface area contributed by atoms with Crippen molar-refractivity contribution in [2.45, 2.75) is 47.5 Å². The minimum Gasteiger partial charge on any atom is -0.316 e. The van der Waals surface area contributed by atoms with Gasteiger partial charge in [0.05, 0.1) is 0 Å². The van der Waals surface area contributed by atoms with Gasteiger partial charge < -0.3 is 5.32 Å². The van der Waals surface area contributed by atoms with Crippen LogP contribution >= 0.6 is 0 Å². The van der Waals surface area contributed by atoms with Crippen LogP contribution in [0.2, 0.25) is 0 Å². The first-order valence-electron chi connectivity index (χ1n) is 7.26. The number of hydrogen-bond acceptors (Lipinski definition) is 1. The first-order valence-corrected chi connectivity index (χ1v) is 7.26. The van der Waals surface area contributed by atoms with Gasteiger partial charge in [-0.3, -0.25) is 0 Å². The number of aryl methyl sites for hydroxylation is 1. The van der Waals surface area contributed by atoms with Gasteiger partial charge in [0.2, 0.25) is 0 Å². The van der Waals surface area contributed by atoms with E-state index < -0.39 is 0 Å². The average molecular weight is 265 g/mol. The Morgan fingerprint density at radius 3 is 2.58 bits per heavy atom. The number of rotatable bonds is 7. The van der Waals surface area contributed by atoms with E-state index in [4.69, 9.17) is 0 Å². The quantitative estimate of drug-likeness (QED) is 0.723. The summed E-state index contributed by atoms with van der Waals surface area (Å²) in [7, 11) is 0. The molecule has 0 unspecified atom stereocenters. The van der Waals surface area contributed by atoms with Crippen LogP contribution in [0.3, 0.4) is 0 Å². The molecular weight excluding hydrogens is 237 g/mol. The zero-order chi connectivity index (χ0) is 14.5. The van der Waals surface area contributed by atoms with Gasteiger partial charge in [-0.05, 0) is 67.4 Å². The van der Waals surface area contributed by atoms with Crippen molar-refractivity contribution in [3.63, 3.8) is 0 Å². The second-order valence-corrected chi connectivity index (χ2v) is 6.76. The van der Waals surface area contributed by atoms with Crippen LogP contribution in [0.15, 0.2) is 18.2 Å². The van der Waals surface area contributed by atoms with Crippen molar-refractivity contribution in [1.82, 2.24) is 5.32 Å². The highest BCUT2D eigenvalue weighted by Gasteiger charge is 2.19. The number of nitrogens with one attached hydrogen (secondary N) is 1. The molecule has 108 valence electrons. The van der Waals surface area contributed by atoms with E-state index in [9.17, 15) is 4.39 Å². The maximum absolute atomic E-state index is 13.3. The first kappa shape index (κ1) is 16.2. The molecule has 0 aliphatic heterocycles. The third kappa shape index (κ3) is 6.20. The van der Waals surface area contributed by atoms with Crippen LogP contribution in [-0.4, -0.2) is 13.1 Å². The summed E-state index contributed by atoms with van der Waals surface area (Å²) < 4.78 is 13.3. The summed E-state index contributed by atoms with van der Waals surface area (Å²) in [5, 5.41) is 3.48. The fourth-order valence-corrected chi connectivity index (χ4v) is 2.25. The normalized spacial score (nSPS) is 12.2. The molecule has 0 atom stereocenters. The molecule has 19 heavy (non-hydrogen) atoms. The minimum absolute atomic E-state index is 0.130. The molecule has 1 aromatic rings. The Morgan fingerprint density at radius 2 is 1.95 bits per heavy atom. The van der Waals surface area contributed by atoms with Crippen LogP contribution in [0, 0.1) is 24.1 Å². The Morgan fingerprint density at radius 1 is 1.26 bits per heavy atom. The van der Waals surface area contributed by atoms with Crippen molar-refractivity contribution in [2.24, 2.45) is 11.3 Å². The van der Waals surface area contributed by atoms with E-state index in [0.29, 0.717) is 5.92 Å². The van der Waals surface area contributed by atoms with E-state index in [-0.39, 0.29) is 11.2 Å². The van der Waals surface area contributed by atoms with Gasteiger partial charge in [-0.2, -0.15) is 0 Å². The third-order valence-electron chi connectivity index (χ3n) is 3.51. The monoisotopic (exact) mass is 265 g/mol. The highest BCUT2D eigenvalue weighted by Crippen LogP contribution is 2.27. The summed E-state index contributed by atoms with van der Waals surface area (Å²) in [5.41, 5.74) is 2.51. The number of halogens is 1. The highest BCUT2D eigenvalue weighted by atomic mass is 19.1. The van der Waals surface area contributed by atoms with Gasteiger partial charge in [0, 0.05) is 0 Å². The predicted octanol–water partition coefficient (Wildman–Crippen LogP) is 4.34. The summed E-state index contributed by atoms with van der Waals surface area (Å²) in [6, 6.07) is 5.09. The Hall–Kier alpha value is -0.890. The van der Waals surface area contributed by atoms with Crippen LogP contribution in [0.1, 0.15) is 45.2 Å². The summed E-state index contributed by atoms with van der Waals surface area (Å²) in [4.78, 5) is 0. The van der Waals surface area contributed by atoms with Crippen molar-refractivity contribution >= 4 is 0 Å². The molecule has 0 fully saturated rings. The van der Waals surface area contributed by atoms with Crippen molar-refractivity contribution in [1.29, 1.82) is 0 Å². The zero-order valence-corrected chi connectivity index (χ0v) is 13.0. The zero-order valence-electron chi connectivity index (χ0n) is 13.0. The Bertz CT molecular complexity index is 396. The molecule has 0 amide bonds. The maximum Gasteiger partial charge on any atom is 0.123 e. The molecule has 0 saturated heterocycles. The number of hydrogen-bond donors (Lipinski definition) is 1. The Labute approximate surface area is 117 Å². The molecule has 1 nitrogen and oxygen atoms in total. The van der Waals surface area contributed by atoms with E-state index in [1.807, 2.05) is 6.07 Å². The third-order valence-corrected chi connectivity index (χ3v) is 3.51. The topological polar surface area (TPSA) is 12.0 Å². The smallest absolute Gasteiger partial charge is 0.123 e. The van der Waals surface area contributed by atoms with Crippen LogP contribution in [-0.2, 0) is 6.42 Å². The summed E-state index contributed by atoms with van der Waals surface area (Å²) in [6.07, 6.45) is 2.04. The van der Waals surface area contributed by atoms with Crippen molar-refractivity contribution in [3.05, 3.63) is 35.1 Å². The molecule has 0 bridgehead atoms. The fourth-order valence-electron chi connectivity index (χ4n) is 2.25. The molecule has 1 aromatic carbocycles. The highest BCUT2D eigenvalue weighted by molar-refractivity contribution is 5.27. The maximum atomic E-state index is 13.3. The average Bonchev–Trinajstić information content (AvgIpc) is 2.29. The van der Waals surface area contributed by atoms with Gasteiger partial charge in [0.1, 0.15) is 5.82 Å². The molecular formula is C17H28FN. The second kappa shape index (κ2) is 7.04. The lowest BCUT2D eigenvalue weighted by Gasteiger charge is -2.26. The molecule has 0 radical (unpaired) electrons. The fraction of sp³-hybridized carbons (Fsp3) is 0.647. The number of benzene rings is 1. The van der Waals surface area contributed by atoms with Crippen LogP contribution < -0.4 is 5.32 Å². The lowest BCUT2D eigenvalue weighted by atomic mass is 9.81. The Balaban J connectivity index is 2.51. The molecule has 2 heteroatoms. The molecule has 0 spiro atoms. The van der Waals surface area contributed by atoms with E-state index >= 15 is 0 Å². The molecule has 1 rings (SSSR count). The SMILES string of the molecule is Cc1ccc(F)cc1CC(C)(C)CCNCC(C)C. The van der Waals surface area contributed by atoms with E-state index in [2.05, 4.69) is 39.9 Å². The van der Waals surface area contributed by atoms with Gasteiger partial charge in [0.25, 0.3) is 0 Å². The van der Waals surface area contributed by atoms with Crippen LogP contribution in [0.4, 0.5) is 4.39 Å². The first-order chi connectivity index (χ1) is 8.80. The Kier molecular flexibility index (Phi) is 5.99. The van der Waals surface area contributed by atoms with Gasteiger partial charge in [0.15, 0.2) is 0 Å². The molecule has 1 N–H and O–H groups in total. The van der Waals surface area contributed by atoms with Crippen molar-refractivity contribution in [3.8, 4) is 0 Å². The van der Waals surface area contributed by atoms with E-state index in [1.165, 1.54) is 11.6 Å². The summed E-state index contributed by atoms with van der Waals surface area (Å²) in [6.45, 7) is 13.1.